The smallest absolute Gasteiger partial charge is 0.179 e. The van der Waals surface area contributed by atoms with Crippen LogP contribution >= 0.6 is 23.1 Å². The van der Waals surface area contributed by atoms with Crippen molar-refractivity contribution in [3.63, 3.8) is 0 Å². The molecular weight excluding hydrogens is 276 g/mol. The van der Waals surface area contributed by atoms with Crippen molar-refractivity contribution in [2.75, 3.05) is 0 Å². The molecule has 0 aliphatic heterocycles. The molecule has 0 aliphatic carbocycles. The highest BCUT2D eigenvalue weighted by Crippen LogP contribution is 2.32. The Morgan fingerprint density at radius 2 is 2.11 bits per heavy atom. The molecule has 0 radical (unpaired) electrons. The van der Waals surface area contributed by atoms with Crippen molar-refractivity contribution in [2.24, 2.45) is 0 Å². The Morgan fingerprint density at radius 1 is 1.11 bits per heavy atom. The van der Waals surface area contributed by atoms with Gasteiger partial charge in [-0.25, -0.2) is 15.0 Å². The SMILES string of the molecule is c1ccn2c(Sc3ncnc4sccc34)ncc2c1. The Morgan fingerprint density at radius 3 is 3.11 bits per heavy atom. The molecule has 0 aliphatic rings. The van der Waals surface area contributed by atoms with Gasteiger partial charge in [0.25, 0.3) is 0 Å². The van der Waals surface area contributed by atoms with Crippen molar-refractivity contribution in [1.82, 2.24) is 19.4 Å². The number of imidazole rings is 1. The van der Waals surface area contributed by atoms with Crippen LogP contribution in [-0.4, -0.2) is 19.4 Å². The number of thiophene rings is 1. The molecule has 4 heterocycles. The third-order valence-electron chi connectivity index (χ3n) is 2.82. The molecule has 19 heavy (non-hydrogen) atoms. The summed E-state index contributed by atoms with van der Waals surface area (Å²) in [5, 5.41) is 4.99. The van der Waals surface area contributed by atoms with Gasteiger partial charge in [0.2, 0.25) is 0 Å². The molecule has 0 amide bonds. The van der Waals surface area contributed by atoms with Gasteiger partial charge in [0.05, 0.1) is 11.7 Å². The molecule has 6 heteroatoms. The van der Waals surface area contributed by atoms with Crippen LogP contribution < -0.4 is 0 Å². The zero-order valence-corrected chi connectivity index (χ0v) is 11.4. The fourth-order valence-electron chi connectivity index (χ4n) is 1.93. The lowest BCUT2D eigenvalue weighted by molar-refractivity contribution is 0.952. The molecule has 0 saturated heterocycles. The molecule has 4 aromatic rings. The standard InChI is InChI=1S/C13H8N4S2/c1-2-5-17-9(3-1)7-14-13(17)19-12-10-4-6-18-11(10)15-8-16-12/h1-8H. The van der Waals surface area contributed by atoms with Crippen molar-refractivity contribution < 1.29 is 0 Å². The fourth-order valence-corrected chi connectivity index (χ4v) is 3.64. The normalized spacial score (nSPS) is 11.4. The van der Waals surface area contributed by atoms with E-state index in [1.54, 1.807) is 29.4 Å². The zero-order chi connectivity index (χ0) is 12.7. The van der Waals surface area contributed by atoms with Gasteiger partial charge in [-0.2, -0.15) is 0 Å². The predicted octanol–water partition coefficient (Wildman–Crippen LogP) is 3.49. The zero-order valence-electron chi connectivity index (χ0n) is 9.72. The number of rotatable bonds is 2. The second-order valence-electron chi connectivity index (χ2n) is 3.96. The Balaban J connectivity index is 1.84. The summed E-state index contributed by atoms with van der Waals surface area (Å²) in [7, 11) is 0. The third-order valence-corrected chi connectivity index (χ3v) is 4.64. The second kappa shape index (κ2) is 4.32. The Labute approximate surface area is 117 Å². The predicted molar refractivity (Wildman–Crippen MR) is 76.7 cm³/mol. The first kappa shape index (κ1) is 11.0. The molecule has 4 aromatic heterocycles. The van der Waals surface area contributed by atoms with Crippen LogP contribution in [0.5, 0.6) is 0 Å². The average Bonchev–Trinajstić information content (AvgIpc) is 3.06. The quantitative estimate of drug-likeness (QED) is 0.528. The van der Waals surface area contributed by atoms with Crippen LogP contribution in [0.3, 0.4) is 0 Å². The van der Waals surface area contributed by atoms with Crippen LogP contribution in [0.4, 0.5) is 0 Å². The van der Waals surface area contributed by atoms with Crippen molar-refractivity contribution in [1.29, 1.82) is 0 Å². The molecular formula is C13H8N4S2. The maximum absolute atomic E-state index is 4.45. The maximum atomic E-state index is 4.45. The Hall–Kier alpha value is -1.92. The largest absolute Gasteiger partial charge is 0.295 e. The first-order chi connectivity index (χ1) is 9.42. The van der Waals surface area contributed by atoms with E-state index in [0.717, 1.165) is 25.9 Å². The van der Waals surface area contributed by atoms with Gasteiger partial charge < -0.3 is 0 Å². The fraction of sp³-hybridized carbons (Fsp3) is 0. The number of aromatic nitrogens is 4. The van der Waals surface area contributed by atoms with Gasteiger partial charge in [-0.3, -0.25) is 4.40 Å². The summed E-state index contributed by atoms with van der Waals surface area (Å²) >= 11 is 3.19. The lowest BCUT2D eigenvalue weighted by Crippen LogP contribution is -1.88. The van der Waals surface area contributed by atoms with Gasteiger partial charge in [-0.05, 0) is 35.3 Å². The van der Waals surface area contributed by atoms with Crippen molar-refractivity contribution in [2.45, 2.75) is 10.2 Å². The van der Waals surface area contributed by atoms with Crippen LogP contribution in [0.1, 0.15) is 0 Å². The van der Waals surface area contributed by atoms with E-state index in [0.29, 0.717) is 0 Å². The van der Waals surface area contributed by atoms with Gasteiger partial charge in [0.1, 0.15) is 16.2 Å². The molecule has 0 unspecified atom stereocenters. The van der Waals surface area contributed by atoms with Crippen molar-refractivity contribution >= 4 is 38.8 Å². The summed E-state index contributed by atoms with van der Waals surface area (Å²) in [6.45, 7) is 0. The Bertz CT molecular complexity index is 865. The minimum atomic E-state index is 0.918. The molecule has 92 valence electrons. The number of fused-ring (bicyclic) bond motifs is 2. The monoisotopic (exact) mass is 284 g/mol. The highest BCUT2D eigenvalue weighted by Gasteiger charge is 2.10. The van der Waals surface area contributed by atoms with E-state index in [2.05, 4.69) is 25.4 Å². The van der Waals surface area contributed by atoms with E-state index in [1.165, 1.54) is 0 Å². The number of hydrogen-bond acceptors (Lipinski definition) is 5. The maximum Gasteiger partial charge on any atom is 0.179 e. The highest BCUT2D eigenvalue weighted by molar-refractivity contribution is 7.99. The summed E-state index contributed by atoms with van der Waals surface area (Å²) in [4.78, 5) is 14.1. The van der Waals surface area contributed by atoms with Crippen LogP contribution in [0.2, 0.25) is 0 Å². The Kier molecular flexibility index (Phi) is 2.49. The molecule has 0 spiro atoms. The minimum absolute atomic E-state index is 0.918. The van der Waals surface area contributed by atoms with Crippen LogP contribution in [0.25, 0.3) is 15.7 Å². The average molecular weight is 284 g/mol. The van der Waals surface area contributed by atoms with Crippen molar-refractivity contribution in [3.05, 3.63) is 48.4 Å². The molecule has 0 bridgehead atoms. The molecule has 0 saturated carbocycles. The molecule has 0 atom stereocenters. The van der Waals surface area contributed by atoms with Gasteiger partial charge in [0.15, 0.2) is 5.16 Å². The first-order valence-electron chi connectivity index (χ1n) is 5.70. The third kappa shape index (κ3) is 1.80. The minimum Gasteiger partial charge on any atom is -0.295 e. The van der Waals surface area contributed by atoms with Gasteiger partial charge in [-0.1, -0.05) is 6.07 Å². The topological polar surface area (TPSA) is 43.1 Å². The molecule has 4 nitrogen and oxygen atoms in total. The van der Waals surface area contributed by atoms with Crippen molar-refractivity contribution in [3.8, 4) is 0 Å². The van der Waals surface area contributed by atoms with Crippen LogP contribution in [0.15, 0.2) is 58.5 Å². The number of hydrogen-bond donors (Lipinski definition) is 0. The van der Waals surface area contributed by atoms with E-state index in [9.17, 15) is 0 Å². The highest BCUT2D eigenvalue weighted by atomic mass is 32.2. The van der Waals surface area contributed by atoms with Gasteiger partial charge in [0, 0.05) is 11.6 Å². The summed E-state index contributed by atoms with van der Waals surface area (Å²) in [5.41, 5.74) is 1.08. The van der Waals surface area contributed by atoms with Crippen LogP contribution in [-0.2, 0) is 0 Å². The molecule has 0 N–H and O–H groups in total. The van der Waals surface area contributed by atoms with Gasteiger partial charge >= 0.3 is 0 Å². The number of pyridine rings is 1. The van der Waals surface area contributed by atoms with E-state index in [-0.39, 0.29) is 0 Å². The van der Waals surface area contributed by atoms with Crippen LogP contribution in [0, 0.1) is 0 Å². The van der Waals surface area contributed by atoms with E-state index in [4.69, 9.17) is 0 Å². The summed E-state index contributed by atoms with van der Waals surface area (Å²) in [6, 6.07) is 8.10. The summed E-state index contributed by atoms with van der Waals surface area (Å²) in [6.07, 6.45) is 5.49. The number of nitrogens with zero attached hydrogens (tertiary/aromatic N) is 4. The molecule has 4 rings (SSSR count). The van der Waals surface area contributed by atoms with E-state index in [1.807, 2.05) is 36.0 Å². The lowest BCUT2D eigenvalue weighted by Gasteiger charge is -2.01. The summed E-state index contributed by atoms with van der Waals surface area (Å²) in [5.74, 6) is 0. The first-order valence-corrected chi connectivity index (χ1v) is 7.39. The van der Waals surface area contributed by atoms with E-state index < -0.39 is 0 Å². The van der Waals surface area contributed by atoms with E-state index >= 15 is 0 Å². The lowest BCUT2D eigenvalue weighted by atomic mass is 10.4. The summed E-state index contributed by atoms with van der Waals surface area (Å²) < 4.78 is 2.06. The molecule has 0 fully saturated rings. The van der Waals surface area contributed by atoms with Gasteiger partial charge in [-0.15, -0.1) is 11.3 Å². The molecule has 0 aromatic carbocycles. The second-order valence-corrected chi connectivity index (χ2v) is 5.81.